The third kappa shape index (κ3) is 3.79. The highest BCUT2D eigenvalue weighted by Gasteiger charge is 2.04. The number of benzene rings is 1. The second-order valence-corrected chi connectivity index (χ2v) is 3.80. The van der Waals surface area contributed by atoms with Gasteiger partial charge in [-0.25, -0.2) is 0 Å². The van der Waals surface area contributed by atoms with Crippen LogP contribution in [-0.2, 0) is 4.79 Å². The Labute approximate surface area is 101 Å². The van der Waals surface area contributed by atoms with E-state index in [1.807, 2.05) is 0 Å². The molecule has 0 spiro atoms. The van der Waals surface area contributed by atoms with E-state index in [1.54, 1.807) is 45.4 Å². The molecule has 0 aliphatic rings. The van der Waals surface area contributed by atoms with Crippen LogP contribution in [0.15, 0.2) is 24.3 Å². The summed E-state index contributed by atoms with van der Waals surface area (Å²) >= 11 is 0. The highest BCUT2D eigenvalue weighted by Crippen LogP contribution is 2.09. The van der Waals surface area contributed by atoms with E-state index in [1.165, 1.54) is 4.90 Å². The molecule has 0 aliphatic heterocycles. The summed E-state index contributed by atoms with van der Waals surface area (Å²) in [6.45, 7) is 0.242. The van der Waals surface area contributed by atoms with Crippen LogP contribution in [0.4, 0.5) is 5.69 Å². The number of carbonyl (C=O) groups is 2. The number of likely N-dealkylation sites (N-methyl/N-ethyl adjacent to an activating group) is 1. The summed E-state index contributed by atoms with van der Waals surface area (Å²) < 4.78 is 0. The molecule has 1 aromatic rings. The molecule has 0 atom stereocenters. The molecule has 0 unspecified atom stereocenters. The largest absolute Gasteiger partial charge is 0.376 e. The molecule has 1 aromatic carbocycles. The maximum atomic E-state index is 11.3. The van der Waals surface area contributed by atoms with Crippen LogP contribution >= 0.6 is 0 Å². The minimum absolute atomic E-state index is 0.000350. The normalized spacial score (nSPS) is 9.59. The summed E-state index contributed by atoms with van der Waals surface area (Å²) in [7, 11) is 5.00. The summed E-state index contributed by atoms with van der Waals surface area (Å²) in [5.41, 5.74) is 1.41. The molecule has 0 heterocycles. The van der Waals surface area contributed by atoms with Crippen LogP contribution in [0.2, 0.25) is 0 Å². The second kappa shape index (κ2) is 5.89. The maximum absolute atomic E-state index is 11.3. The first-order chi connectivity index (χ1) is 8.04. The van der Waals surface area contributed by atoms with Crippen molar-refractivity contribution < 1.29 is 9.59 Å². The number of rotatable bonds is 4. The number of nitrogens with one attached hydrogen (secondary N) is 2. The Morgan fingerprint density at radius 2 is 1.76 bits per heavy atom. The fourth-order valence-electron chi connectivity index (χ4n) is 1.22. The number of anilines is 1. The van der Waals surface area contributed by atoms with Gasteiger partial charge >= 0.3 is 0 Å². The van der Waals surface area contributed by atoms with Gasteiger partial charge in [-0.3, -0.25) is 9.59 Å². The van der Waals surface area contributed by atoms with E-state index >= 15 is 0 Å². The van der Waals surface area contributed by atoms with Gasteiger partial charge in [0.1, 0.15) is 0 Å². The van der Waals surface area contributed by atoms with E-state index < -0.39 is 0 Å². The number of carbonyl (C=O) groups excluding carboxylic acids is 2. The van der Waals surface area contributed by atoms with Crippen LogP contribution in [0.3, 0.4) is 0 Å². The summed E-state index contributed by atoms with van der Waals surface area (Å²) in [6.07, 6.45) is 0. The van der Waals surface area contributed by atoms with Crippen molar-refractivity contribution in [3.05, 3.63) is 29.8 Å². The molecule has 0 aromatic heterocycles. The minimum Gasteiger partial charge on any atom is -0.376 e. The van der Waals surface area contributed by atoms with E-state index in [9.17, 15) is 9.59 Å². The maximum Gasteiger partial charge on any atom is 0.251 e. The molecule has 2 amide bonds. The highest BCUT2D eigenvalue weighted by atomic mass is 16.2. The Morgan fingerprint density at radius 3 is 2.24 bits per heavy atom. The van der Waals surface area contributed by atoms with Gasteiger partial charge in [-0.15, -0.1) is 0 Å². The van der Waals surface area contributed by atoms with Crippen molar-refractivity contribution in [3.63, 3.8) is 0 Å². The molecular formula is C12H17N3O2. The van der Waals surface area contributed by atoms with E-state index in [-0.39, 0.29) is 18.4 Å². The Balaban J connectivity index is 2.57. The van der Waals surface area contributed by atoms with Crippen molar-refractivity contribution in [1.82, 2.24) is 10.2 Å². The molecule has 92 valence electrons. The Morgan fingerprint density at radius 1 is 1.18 bits per heavy atom. The summed E-state index contributed by atoms with van der Waals surface area (Å²) in [5.74, 6) is -0.124. The molecule has 0 aliphatic carbocycles. The molecule has 0 saturated heterocycles. The zero-order chi connectivity index (χ0) is 12.8. The molecule has 0 bridgehead atoms. The van der Waals surface area contributed by atoms with E-state index in [0.717, 1.165) is 5.69 Å². The third-order valence-corrected chi connectivity index (χ3v) is 2.32. The molecule has 0 radical (unpaired) electrons. The standard InChI is InChI=1S/C12H17N3O2/c1-13-12(17)9-4-6-10(7-5-9)14-8-11(16)15(2)3/h4-7,14H,8H2,1-3H3,(H,13,17). The molecule has 1 rings (SSSR count). The van der Waals surface area contributed by atoms with Gasteiger partial charge in [-0.2, -0.15) is 0 Å². The van der Waals surface area contributed by atoms with Crippen molar-refractivity contribution in [2.24, 2.45) is 0 Å². The van der Waals surface area contributed by atoms with Crippen LogP contribution in [-0.4, -0.2) is 44.4 Å². The minimum atomic E-state index is -0.124. The lowest BCUT2D eigenvalue weighted by Crippen LogP contribution is -2.28. The van der Waals surface area contributed by atoms with Crippen LogP contribution in [0.25, 0.3) is 0 Å². The van der Waals surface area contributed by atoms with Crippen molar-refractivity contribution in [2.45, 2.75) is 0 Å². The van der Waals surface area contributed by atoms with Crippen molar-refractivity contribution in [3.8, 4) is 0 Å². The summed E-state index contributed by atoms with van der Waals surface area (Å²) in [4.78, 5) is 24.1. The zero-order valence-electron chi connectivity index (χ0n) is 10.3. The number of amides is 2. The van der Waals surface area contributed by atoms with Gasteiger partial charge in [0.25, 0.3) is 5.91 Å². The predicted octanol–water partition coefficient (Wildman–Crippen LogP) is 0.546. The number of nitrogens with zero attached hydrogens (tertiary/aromatic N) is 1. The molecule has 2 N–H and O–H groups in total. The quantitative estimate of drug-likeness (QED) is 0.801. The van der Waals surface area contributed by atoms with Gasteiger partial charge in [0.05, 0.1) is 6.54 Å². The molecule has 17 heavy (non-hydrogen) atoms. The van der Waals surface area contributed by atoms with Gasteiger partial charge < -0.3 is 15.5 Å². The SMILES string of the molecule is CNC(=O)c1ccc(NCC(=O)N(C)C)cc1. The first kappa shape index (κ1) is 13.0. The predicted molar refractivity (Wildman–Crippen MR) is 67.0 cm³/mol. The highest BCUT2D eigenvalue weighted by molar-refractivity contribution is 5.94. The molecule has 0 fully saturated rings. The van der Waals surface area contributed by atoms with Gasteiger partial charge in [0.15, 0.2) is 0 Å². The summed E-state index contributed by atoms with van der Waals surface area (Å²) in [5, 5.41) is 5.53. The van der Waals surface area contributed by atoms with E-state index in [2.05, 4.69) is 10.6 Å². The average Bonchev–Trinajstić information content (AvgIpc) is 2.35. The van der Waals surface area contributed by atoms with Crippen LogP contribution < -0.4 is 10.6 Å². The fourth-order valence-corrected chi connectivity index (χ4v) is 1.22. The zero-order valence-corrected chi connectivity index (χ0v) is 10.3. The van der Waals surface area contributed by atoms with Crippen LogP contribution in [0, 0.1) is 0 Å². The van der Waals surface area contributed by atoms with E-state index in [4.69, 9.17) is 0 Å². The van der Waals surface area contributed by atoms with Crippen LogP contribution in [0.1, 0.15) is 10.4 Å². The summed E-state index contributed by atoms with van der Waals surface area (Å²) in [6, 6.07) is 6.96. The Bertz CT molecular complexity index is 399. The lowest BCUT2D eigenvalue weighted by atomic mass is 10.2. The molecule has 5 heteroatoms. The lowest BCUT2D eigenvalue weighted by Gasteiger charge is -2.11. The number of hydrogen-bond donors (Lipinski definition) is 2. The first-order valence-corrected chi connectivity index (χ1v) is 5.30. The Kier molecular flexibility index (Phi) is 4.51. The lowest BCUT2D eigenvalue weighted by molar-refractivity contribution is -0.126. The van der Waals surface area contributed by atoms with Crippen molar-refractivity contribution in [2.75, 3.05) is 33.0 Å². The topological polar surface area (TPSA) is 61.4 Å². The Hall–Kier alpha value is -2.04. The van der Waals surface area contributed by atoms with Crippen molar-refractivity contribution in [1.29, 1.82) is 0 Å². The first-order valence-electron chi connectivity index (χ1n) is 5.30. The number of hydrogen-bond acceptors (Lipinski definition) is 3. The third-order valence-electron chi connectivity index (χ3n) is 2.32. The fraction of sp³-hybridized carbons (Fsp3) is 0.333. The molecular weight excluding hydrogens is 218 g/mol. The molecule has 0 saturated carbocycles. The second-order valence-electron chi connectivity index (χ2n) is 3.80. The van der Waals surface area contributed by atoms with Gasteiger partial charge in [-0.1, -0.05) is 0 Å². The van der Waals surface area contributed by atoms with E-state index in [0.29, 0.717) is 5.56 Å². The van der Waals surface area contributed by atoms with Crippen molar-refractivity contribution >= 4 is 17.5 Å². The van der Waals surface area contributed by atoms with Crippen LogP contribution in [0.5, 0.6) is 0 Å². The van der Waals surface area contributed by atoms with Gasteiger partial charge in [-0.05, 0) is 24.3 Å². The average molecular weight is 235 g/mol. The van der Waals surface area contributed by atoms with Gasteiger partial charge in [0.2, 0.25) is 5.91 Å². The monoisotopic (exact) mass is 235 g/mol. The molecule has 5 nitrogen and oxygen atoms in total. The smallest absolute Gasteiger partial charge is 0.251 e. The van der Waals surface area contributed by atoms with Gasteiger partial charge in [0, 0.05) is 32.4 Å².